The van der Waals surface area contributed by atoms with E-state index in [2.05, 4.69) is 20.7 Å². The maximum absolute atomic E-state index is 10.8. The summed E-state index contributed by atoms with van der Waals surface area (Å²) in [5.74, 6) is -0.575. The second kappa shape index (κ2) is 9.10. The Morgan fingerprint density at radius 3 is 2.25 bits per heavy atom. The number of unbranched alkanes of at least 4 members (excludes halogenated alkanes) is 2. The number of nitrogens with zero attached hydrogens (tertiary/aromatic N) is 1. The largest absolute Gasteiger partial charge is 0.463 e. The second-order valence-electron chi connectivity index (χ2n) is 5.45. The van der Waals surface area contributed by atoms with Gasteiger partial charge in [0.25, 0.3) is 10.1 Å². The highest BCUT2D eigenvalue weighted by Gasteiger charge is 2.15. The summed E-state index contributed by atoms with van der Waals surface area (Å²) in [5.41, 5.74) is 0. The zero-order chi connectivity index (χ0) is 15.6. The van der Waals surface area contributed by atoms with Gasteiger partial charge in [-0.1, -0.05) is 6.58 Å². The standard InChI is InChI=1S/C13H25NO5S/c1-4-13(15)19-11-7-5-9-14(2,3)10-6-8-12-20(16,17)18/h4H,1,5-12H2,2-3H3/p+1. The van der Waals surface area contributed by atoms with E-state index < -0.39 is 16.1 Å². The van der Waals surface area contributed by atoms with E-state index in [4.69, 9.17) is 9.29 Å². The van der Waals surface area contributed by atoms with Crippen molar-refractivity contribution in [2.45, 2.75) is 25.7 Å². The Hall–Kier alpha value is -0.920. The maximum atomic E-state index is 10.8. The van der Waals surface area contributed by atoms with Gasteiger partial charge in [0.1, 0.15) is 0 Å². The third-order valence-electron chi connectivity index (χ3n) is 2.98. The molecule has 0 rings (SSSR count). The van der Waals surface area contributed by atoms with Crippen LogP contribution in [0, 0.1) is 0 Å². The van der Waals surface area contributed by atoms with Crippen LogP contribution in [-0.4, -0.2) is 63.0 Å². The van der Waals surface area contributed by atoms with Crippen LogP contribution < -0.4 is 0 Å². The van der Waals surface area contributed by atoms with Gasteiger partial charge >= 0.3 is 5.97 Å². The van der Waals surface area contributed by atoms with Crippen LogP contribution in [0.25, 0.3) is 0 Å². The van der Waals surface area contributed by atoms with E-state index in [9.17, 15) is 13.2 Å². The topological polar surface area (TPSA) is 80.7 Å². The Morgan fingerprint density at radius 2 is 1.75 bits per heavy atom. The molecule has 1 N–H and O–H groups in total. The van der Waals surface area contributed by atoms with E-state index in [1.54, 1.807) is 0 Å². The molecule has 7 heteroatoms. The number of quaternary nitrogens is 1. The first-order valence-electron chi connectivity index (χ1n) is 6.73. The van der Waals surface area contributed by atoms with E-state index in [-0.39, 0.29) is 5.75 Å². The number of ether oxygens (including phenoxy) is 1. The summed E-state index contributed by atoms with van der Waals surface area (Å²) in [4.78, 5) is 10.8. The number of carbonyl (C=O) groups is 1. The summed E-state index contributed by atoms with van der Waals surface area (Å²) >= 11 is 0. The summed E-state index contributed by atoms with van der Waals surface area (Å²) in [7, 11) is 0.305. The van der Waals surface area contributed by atoms with Crippen molar-refractivity contribution in [3.8, 4) is 0 Å². The van der Waals surface area contributed by atoms with Gasteiger partial charge in [-0.15, -0.1) is 0 Å². The molecule has 0 aromatic rings. The lowest BCUT2D eigenvalue weighted by Crippen LogP contribution is -2.41. The van der Waals surface area contributed by atoms with Crippen LogP contribution in [0.1, 0.15) is 25.7 Å². The van der Waals surface area contributed by atoms with Crippen LogP contribution >= 0.6 is 0 Å². The van der Waals surface area contributed by atoms with Crippen molar-refractivity contribution in [2.24, 2.45) is 0 Å². The van der Waals surface area contributed by atoms with E-state index in [1.165, 1.54) is 0 Å². The highest BCUT2D eigenvalue weighted by molar-refractivity contribution is 7.85. The monoisotopic (exact) mass is 308 g/mol. The van der Waals surface area contributed by atoms with Crippen molar-refractivity contribution in [1.82, 2.24) is 0 Å². The zero-order valence-corrected chi connectivity index (χ0v) is 13.2. The molecule has 0 saturated carbocycles. The minimum atomic E-state index is -3.84. The summed E-state index contributed by atoms with van der Waals surface area (Å²) in [6.07, 6.45) is 4.09. The van der Waals surface area contributed by atoms with E-state index in [0.29, 0.717) is 13.0 Å². The molecule has 0 atom stereocenters. The number of hydrogen-bond acceptors (Lipinski definition) is 4. The molecular formula is C13H26NO5S+. The molecule has 6 nitrogen and oxygen atoms in total. The van der Waals surface area contributed by atoms with Gasteiger partial charge in [-0.25, -0.2) is 4.79 Å². The predicted molar refractivity (Wildman–Crippen MR) is 77.9 cm³/mol. The highest BCUT2D eigenvalue weighted by Crippen LogP contribution is 2.06. The summed E-state index contributed by atoms with van der Waals surface area (Å²) < 4.78 is 35.5. The lowest BCUT2D eigenvalue weighted by Gasteiger charge is -2.29. The fourth-order valence-electron chi connectivity index (χ4n) is 1.81. The van der Waals surface area contributed by atoms with Crippen LogP contribution in [0.5, 0.6) is 0 Å². The molecule has 20 heavy (non-hydrogen) atoms. The SMILES string of the molecule is C=CC(=O)OCCCC[N+](C)(C)CCCCS(=O)(=O)O. The molecule has 0 spiro atoms. The van der Waals surface area contributed by atoms with Crippen LogP contribution in [0.4, 0.5) is 0 Å². The van der Waals surface area contributed by atoms with Crippen LogP contribution in [0.3, 0.4) is 0 Å². The molecule has 0 aliphatic rings. The number of esters is 1. The van der Waals surface area contributed by atoms with E-state index in [0.717, 1.165) is 42.9 Å². The molecule has 0 radical (unpaired) electrons. The number of rotatable bonds is 11. The van der Waals surface area contributed by atoms with Gasteiger partial charge in [-0.3, -0.25) is 4.55 Å². The van der Waals surface area contributed by atoms with Crippen molar-refractivity contribution in [2.75, 3.05) is 39.5 Å². The molecule has 0 aliphatic heterocycles. The van der Waals surface area contributed by atoms with Gasteiger partial charge in [0.05, 0.1) is 39.5 Å². The predicted octanol–water partition coefficient (Wildman–Crippen LogP) is 1.24. The van der Waals surface area contributed by atoms with Crippen molar-refractivity contribution < 1.29 is 27.0 Å². The van der Waals surface area contributed by atoms with Gasteiger partial charge in [0.2, 0.25) is 0 Å². The van der Waals surface area contributed by atoms with Gasteiger partial charge < -0.3 is 9.22 Å². The van der Waals surface area contributed by atoms with Gasteiger partial charge in [-0.2, -0.15) is 8.42 Å². The molecule has 0 aliphatic carbocycles. The smallest absolute Gasteiger partial charge is 0.330 e. The lowest BCUT2D eigenvalue weighted by molar-refractivity contribution is -0.890. The molecule has 0 amide bonds. The second-order valence-corrected chi connectivity index (χ2v) is 7.03. The Morgan fingerprint density at radius 1 is 1.20 bits per heavy atom. The molecule has 118 valence electrons. The van der Waals surface area contributed by atoms with E-state index in [1.807, 2.05) is 0 Å². The summed E-state index contributed by atoms with van der Waals surface area (Å²) in [5, 5.41) is 0. The van der Waals surface area contributed by atoms with Crippen molar-refractivity contribution in [1.29, 1.82) is 0 Å². The molecule has 0 saturated heterocycles. The average Bonchev–Trinajstić information content (AvgIpc) is 2.33. The molecule has 0 fully saturated rings. The van der Waals surface area contributed by atoms with Crippen LogP contribution in [0.15, 0.2) is 12.7 Å². The summed E-state index contributed by atoms with van der Waals surface area (Å²) in [6, 6.07) is 0. The molecule has 0 aromatic heterocycles. The number of hydrogen-bond donors (Lipinski definition) is 1. The first kappa shape index (κ1) is 19.1. The first-order chi connectivity index (χ1) is 9.16. The van der Waals surface area contributed by atoms with Crippen molar-refractivity contribution in [3.05, 3.63) is 12.7 Å². The third kappa shape index (κ3) is 12.1. The molecular weight excluding hydrogens is 282 g/mol. The van der Waals surface area contributed by atoms with Gasteiger partial charge in [0, 0.05) is 6.08 Å². The Bertz CT molecular complexity index is 403. The Balaban J connectivity index is 3.68. The fourth-order valence-corrected chi connectivity index (χ4v) is 2.38. The molecule has 0 bridgehead atoms. The normalized spacial score (nSPS) is 12.2. The molecule has 0 aromatic carbocycles. The van der Waals surface area contributed by atoms with Crippen molar-refractivity contribution in [3.63, 3.8) is 0 Å². The zero-order valence-electron chi connectivity index (χ0n) is 12.4. The third-order valence-corrected chi connectivity index (χ3v) is 3.79. The van der Waals surface area contributed by atoms with E-state index >= 15 is 0 Å². The summed E-state index contributed by atoms with van der Waals surface area (Å²) in [6.45, 7) is 5.49. The first-order valence-corrected chi connectivity index (χ1v) is 8.33. The fraction of sp³-hybridized carbons (Fsp3) is 0.769. The van der Waals surface area contributed by atoms with Gasteiger partial charge in [-0.05, 0) is 25.7 Å². The minimum absolute atomic E-state index is 0.176. The highest BCUT2D eigenvalue weighted by atomic mass is 32.2. The van der Waals surface area contributed by atoms with Gasteiger partial charge in [0.15, 0.2) is 0 Å². The Kier molecular flexibility index (Phi) is 8.68. The molecule has 0 heterocycles. The minimum Gasteiger partial charge on any atom is -0.463 e. The Labute approximate surface area is 121 Å². The van der Waals surface area contributed by atoms with Crippen LogP contribution in [0.2, 0.25) is 0 Å². The lowest BCUT2D eigenvalue weighted by atomic mass is 10.2. The number of carbonyl (C=O) groups excluding carboxylic acids is 1. The van der Waals surface area contributed by atoms with Crippen molar-refractivity contribution >= 4 is 16.1 Å². The quantitative estimate of drug-likeness (QED) is 0.204. The van der Waals surface area contributed by atoms with Crippen LogP contribution in [-0.2, 0) is 19.6 Å². The molecule has 0 unspecified atom stereocenters. The average molecular weight is 308 g/mol. The maximum Gasteiger partial charge on any atom is 0.330 e.